The largest absolute Gasteiger partial charge is 0.324 e. The Balaban J connectivity index is 1.65. The molecule has 0 bridgehead atoms. The van der Waals surface area contributed by atoms with Crippen LogP contribution in [0, 0.1) is 0 Å². The molecule has 1 heteroatoms. The van der Waals surface area contributed by atoms with Gasteiger partial charge in [0.1, 0.15) is 0 Å². The molecule has 2 aromatic carbocycles. The highest BCUT2D eigenvalue weighted by Gasteiger charge is 2.15. The maximum Gasteiger partial charge on any atom is 0.0335 e. The van der Waals surface area contributed by atoms with E-state index in [4.69, 9.17) is 5.73 Å². The van der Waals surface area contributed by atoms with Gasteiger partial charge in [0.15, 0.2) is 0 Å². The molecular weight excluding hydrogens is 254 g/mol. The zero-order valence-corrected chi connectivity index (χ0v) is 12.7. The molecule has 0 radical (unpaired) electrons. The topological polar surface area (TPSA) is 26.0 Å². The molecule has 1 atom stereocenters. The van der Waals surface area contributed by atoms with E-state index in [9.17, 15) is 0 Å². The van der Waals surface area contributed by atoms with Gasteiger partial charge in [-0.1, -0.05) is 73.9 Å². The van der Waals surface area contributed by atoms with E-state index in [2.05, 4.69) is 48.5 Å². The van der Waals surface area contributed by atoms with E-state index >= 15 is 0 Å². The van der Waals surface area contributed by atoms with Crippen LogP contribution in [0.2, 0.25) is 0 Å². The van der Waals surface area contributed by atoms with Gasteiger partial charge in [-0.25, -0.2) is 0 Å². The highest BCUT2D eigenvalue weighted by molar-refractivity contribution is 5.29. The molecule has 3 rings (SSSR count). The Morgan fingerprint density at radius 1 is 0.857 bits per heavy atom. The molecule has 2 N–H and O–H groups in total. The summed E-state index contributed by atoms with van der Waals surface area (Å²) in [6, 6.07) is 19.7. The smallest absolute Gasteiger partial charge is 0.0335 e. The Labute approximate surface area is 128 Å². The Morgan fingerprint density at radius 2 is 1.52 bits per heavy atom. The van der Waals surface area contributed by atoms with Gasteiger partial charge in [0.05, 0.1) is 0 Å². The second-order valence-corrected chi connectivity index (χ2v) is 6.30. The lowest BCUT2D eigenvalue weighted by Crippen LogP contribution is -2.13. The van der Waals surface area contributed by atoms with Gasteiger partial charge in [-0.15, -0.1) is 0 Å². The van der Waals surface area contributed by atoms with E-state index in [1.54, 1.807) is 0 Å². The highest BCUT2D eigenvalue weighted by Crippen LogP contribution is 2.33. The summed E-state index contributed by atoms with van der Waals surface area (Å²) >= 11 is 0. The molecule has 0 heterocycles. The molecule has 0 amide bonds. The SMILES string of the molecule is NC(Cc1ccccc1)c1ccc(C2CCCCC2)cc1. The number of benzene rings is 2. The molecule has 0 aliphatic heterocycles. The summed E-state index contributed by atoms with van der Waals surface area (Å²) in [7, 11) is 0. The van der Waals surface area contributed by atoms with Gasteiger partial charge in [-0.05, 0) is 41.9 Å². The molecular formula is C20H25N. The maximum absolute atomic E-state index is 6.36. The quantitative estimate of drug-likeness (QED) is 0.839. The van der Waals surface area contributed by atoms with E-state index in [0.29, 0.717) is 0 Å². The summed E-state index contributed by atoms with van der Waals surface area (Å²) in [5.74, 6) is 0.776. The number of hydrogen-bond donors (Lipinski definition) is 1. The van der Waals surface area contributed by atoms with Gasteiger partial charge in [-0.2, -0.15) is 0 Å². The number of rotatable bonds is 4. The maximum atomic E-state index is 6.36. The van der Waals surface area contributed by atoms with E-state index < -0.39 is 0 Å². The van der Waals surface area contributed by atoms with Crippen molar-refractivity contribution in [1.82, 2.24) is 0 Å². The van der Waals surface area contributed by atoms with Crippen LogP contribution < -0.4 is 5.73 Å². The third kappa shape index (κ3) is 3.74. The normalized spacial score (nSPS) is 17.6. The second-order valence-electron chi connectivity index (χ2n) is 6.30. The van der Waals surface area contributed by atoms with Crippen LogP contribution >= 0.6 is 0 Å². The van der Waals surface area contributed by atoms with Crippen molar-refractivity contribution in [2.45, 2.75) is 50.5 Å². The Kier molecular flexibility index (Phi) is 4.72. The van der Waals surface area contributed by atoms with Crippen LogP contribution in [0.3, 0.4) is 0 Å². The number of nitrogens with two attached hydrogens (primary N) is 1. The average molecular weight is 279 g/mol. The van der Waals surface area contributed by atoms with Crippen LogP contribution in [-0.4, -0.2) is 0 Å². The van der Waals surface area contributed by atoms with Gasteiger partial charge in [0.25, 0.3) is 0 Å². The first kappa shape index (κ1) is 14.3. The van der Waals surface area contributed by atoms with Gasteiger partial charge in [0.2, 0.25) is 0 Å². The first-order valence-corrected chi connectivity index (χ1v) is 8.22. The van der Waals surface area contributed by atoms with Crippen molar-refractivity contribution in [3.05, 3.63) is 71.3 Å². The summed E-state index contributed by atoms with van der Waals surface area (Å²) in [4.78, 5) is 0. The lowest BCUT2D eigenvalue weighted by molar-refractivity contribution is 0.443. The highest BCUT2D eigenvalue weighted by atomic mass is 14.6. The van der Waals surface area contributed by atoms with E-state index in [0.717, 1.165) is 12.3 Å². The first-order chi connectivity index (χ1) is 10.3. The fourth-order valence-corrected chi connectivity index (χ4v) is 3.44. The third-order valence-electron chi connectivity index (χ3n) is 4.74. The zero-order chi connectivity index (χ0) is 14.5. The zero-order valence-electron chi connectivity index (χ0n) is 12.7. The molecule has 1 aliphatic carbocycles. The molecule has 0 spiro atoms. The lowest BCUT2D eigenvalue weighted by atomic mass is 9.83. The van der Waals surface area contributed by atoms with Gasteiger partial charge < -0.3 is 5.73 Å². The van der Waals surface area contributed by atoms with Crippen LogP contribution in [-0.2, 0) is 6.42 Å². The minimum atomic E-state index is 0.0906. The molecule has 110 valence electrons. The first-order valence-electron chi connectivity index (χ1n) is 8.22. The van der Waals surface area contributed by atoms with Gasteiger partial charge >= 0.3 is 0 Å². The summed E-state index contributed by atoms with van der Waals surface area (Å²) in [5, 5.41) is 0. The van der Waals surface area contributed by atoms with E-state index in [1.807, 2.05) is 6.07 Å². The molecule has 1 nitrogen and oxygen atoms in total. The van der Waals surface area contributed by atoms with Crippen molar-refractivity contribution in [3.8, 4) is 0 Å². The van der Waals surface area contributed by atoms with Crippen LogP contribution in [0.1, 0.15) is 60.8 Å². The minimum absolute atomic E-state index is 0.0906. The van der Waals surface area contributed by atoms with Crippen molar-refractivity contribution in [2.75, 3.05) is 0 Å². The molecule has 1 fully saturated rings. The minimum Gasteiger partial charge on any atom is -0.324 e. The third-order valence-corrected chi connectivity index (χ3v) is 4.74. The average Bonchev–Trinajstić information content (AvgIpc) is 2.57. The van der Waals surface area contributed by atoms with Crippen LogP contribution in [0.15, 0.2) is 54.6 Å². The molecule has 1 unspecified atom stereocenters. The van der Waals surface area contributed by atoms with Crippen LogP contribution in [0.4, 0.5) is 0 Å². The lowest BCUT2D eigenvalue weighted by Gasteiger charge is -2.22. The van der Waals surface area contributed by atoms with Crippen LogP contribution in [0.25, 0.3) is 0 Å². The fraction of sp³-hybridized carbons (Fsp3) is 0.400. The van der Waals surface area contributed by atoms with E-state index in [-0.39, 0.29) is 6.04 Å². The summed E-state index contributed by atoms with van der Waals surface area (Å²) in [6.45, 7) is 0. The molecule has 2 aromatic rings. The fourth-order valence-electron chi connectivity index (χ4n) is 3.44. The summed E-state index contributed by atoms with van der Waals surface area (Å²) in [6.07, 6.45) is 7.81. The van der Waals surface area contributed by atoms with Crippen molar-refractivity contribution in [1.29, 1.82) is 0 Å². The molecule has 0 saturated heterocycles. The number of hydrogen-bond acceptors (Lipinski definition) is 1. The Bertz CT molecular complexity index is 538. The summed E-state index contributed by atoms with van der Waals surface area (Å²) < 4.78 is 0. The van der Waals surface area contributed by atoms with Crippen molar-refractivity contribution in [2.24, 2.45) is 5.73 Å². The predicted molar refractivity (Wildman–Crippen MR) is 89.3 cm³/mol. The van der Waals surface area contributed by atoms with Crippen molar-refractivity contribution in [3.63, 3.8) is 0 Å². The van der Waals surface area contributed by atoms with Crippen LogP contribution in [0.5, 0.6) is 0 Å². The summed E-state index contributed by atoms with van der Waals surface area (Å²) in [5.41, 5.74) is 10.4. The van der Waals surface area contributed by atoms with E-state index in [1.165, 1.54) is 48.8 Å². The standard InChI is InChI=1S/C20H25N/c21-20(15-16-7-3-1-4-8-16)19-13-11-18(12-14-19)17-9-5-2-6-10-17/h1,3-4,7-8,11-14,17,20H,2,5-6,9-10,15,21H2. The molecule has 1 aliphatic rings. The molecule has 0 aromatic heterocycles. The van der Waals surface area contributed by atoms with Crippen molar-refractivity contribution < 1.29 is 0 Å². The van der Waals surface area contributed by atoms with Gasteiger partial charge in [-0.3, -0.25) is 0 Å². The van der Waals surface area contributed by atoms with Gasteiger partial charge in [0, 0.05) is 6.04 Å². The monoisotopic (exact) mass is 279 g/mol. The Morgan fingerprint density at radius 3 is 2.19 bits per heavy atom. The molecule has 1 saturated carbocycles. The second kappa shape index (κ2) is 6.91. The van der Waals surface area contributed by atoms with Crippen molar-refractivity contribution >= 4 is 0 Å². The Hall–Kier alpha value is -1.60. The predicted octanol–water partition coefficient (Wildman–Crippen LogP) is 4.98. The molecule has 21 heavy (non-hydrogen) atoms.